The molecule has 0 aliphatic heterocycles. The molecular weight excluding hydrogens is 282 g/mol. The quantitative estimate of drug-likeness (QED) is 0.516. The molecule has 3 nitrogen and oxygen atoms in total. The summed E-state index contributed by atoms with van der Waals surface area (Å²) in [7, 11) is 0. The largest absolute Gasteiger partial charge is 0.340 e. The Kier molecular flexibility index (Phi) is 8.08. The van der Waals surface area contributed by atoms with Gasteiger partial charge in [0.15, 0.2) is 0 Å². The summed E-state index contributed by atoms with van der Waals surface area (Å²) in [5.41, 5.74) is 2.67. The van der Waals surface area contributed by atoms with Crippen LogP contribution in [0.4, 0.5) is 5.82 Å². The Hall–Kier alpha value is -2.68. The molecule has 1 aromatic heterocycles. The van der Waals surface area contributed by atoms with Crippen LogP contribution in [-0.2, 0) is 0 Å². The van der Waals surface area contributed by atoms with E-state index in [2.05, 4.69) is 41.4 Å². The van der Waals surface area contributed by atoms with Crippen LogP contribution < -0.4 is 5.32 Å². The van der Waals surface area contributed by atoms with Crippen molar-refractivity contribution in [2.75, 3.05) is 5.32 Å². The van der Waals surface area contributed by atoms with Gasteiger partial charge in [0, 0.05) is 11.3 Å². The van der Waals surface area contributed by atoms with E-state index in [1.54, 1.807) is 6.08 Å². The van der Waals surface area contributed by atoms with Crippen LogP contribution in [0.2, 0.25) is 0 Å². The molecule has 0 saturated carbocycles. The molecule has 1 aromatic rings. The number of aromatic nitrogens is 2. The maximum absolute atomic E-state index is 4.37. The second-order valence-corrected chi connectivity index (χ2v) is 4.93. The van der Waals surface area contributed by atoms with Crippen LogP contribution in [0.15, 0.2) is 67.7 Å². The molecule has 1 rings (SSSR count). The van der Waals surface area contributed by atoms with E-state index in [1.165, 1.54) is 6.33 Å². The molecule has 0 amide bonds. The van der Waals surface area contributed by atoms with Gasteiger partial charge in [-0.05, 0) is 31.9 Å². The Bertz CT molecular complexity index is 649. The SMILES string of the molecule is C=Cc1ncnc(NC(/C=C\C=C/C)=C/C)c1/C=C\C(C)C=C. The van der Waals surface area contributed by atoms with Gasteiger partial charge in [-0.2, -0.15) is 0 Å². The first kappa shape index (κ1) is 18.4. The molecule has 1 unspecified atom stereocenters. The lowest BCUT2D eigenvalue weighted by Crippen LogP contribution is -2.04. The van der Waals surface area contributed by atoms with E-state index < -0.39 is 0 Å². The Morgan fingerprint density at radius 3 is 2.61 bits per heavy atom. The number of nitrogens with one attached hydrogen (secondary N) is 1. The average molecular weight is 307 g/mol. The highest BCUT2D eigenvalue weighted by Crippen LogP contribution is 2.21. The molecule has 0 fully saturated rings. The van der Waals surface area contributed by atoms with Crippen molar-refractivity contribution in [3.05, 3.63) is 79.0 Å². The summed E-state index contributed by atoms with van der Waals surface area (Å²) in [6, 6.07) is 0. The lowest BCUT2D eigenvalue weighted by Gasteiger charge is -2.11. The third-order valence-electron chi connectivity index (χ3n) is 3.20. The van der Waals surface area contributed by atoms with E-state index in [4.69, 9.17) is 0 Å². The minimum atomic E-state index is 0.275. The van der Waals surface area contributed by atoms with Crippen LogP contribution in [-0.4, -0.2) is 9.97 Å². The molecule has 3 heteroatoms. The van der Waals surface area contributed by atoms with Gasteiger partial charge < -0.3 is 5.32 Å². The maximum Gasteiger partial charge on any atom is 0.141 e. The number of anilines is 1. The fraction of sp³-hybridized carbons (Fsp3) is 0.200. The highest BCUT2D eigenvalue weighted by Gasteiger charge is 2.07. The number of rotatable bonds is 8. The van der Waals surface area contributed by atoms with Crippen LogP contribution in [0, 0.1) is 5.92 Å². The minimum absolute atomic E-state index is 0.275. The molecule has 1 N–H and O–H groups in total. The van der Waals surface area contributed by atoms with Crippen molar-refractivity contribution in [3.63, 3.8) is 0 Å². The second-order valence-electron chi connectivity index (χ2n) is 4.93. The smallest absolute Gasteiger partial charge is 0.141 e. The lowest BCUT2D eigenvalue weighted by atomic mass is 10.1. The first-order valence-corrected chi connectivity index (χ1v) is 7.67. The van der Waals surface area contributed by atoms with E-state index in [0.717, 1.165) is 22.8 Å². The Morgan fingerprint density at radius 2 is 2.00 bits per heavy atom. The van der Waals surface area contributed by atoms with Gasteiger partial charge in [-0.25, -0.2) is 9.97 Å². The third kappa shape index (κ3) is 5.91. The Labute approximate surface area is 139 Å². The van der Waals surface area contributed by atoms with Crippen LogP contribution in [0.3, 0.4) is 0 Å². The van der Waals surface area contributed by atoms with Crippen molar-refractivity contribution < 1.29 is 0 Å². The fourth-order valence-corrected chi connectivity index (χ4v) is 1.78. The molecule has 0 aromatic carbocycles. The topological polar surface area (TPSA) is 37.8 Å². The molecule has 1 heterocycles. The Balaban J connectivity index is 3.17. The molecule has 0 saturated heterocycles. The van der Waals surface area contributed by atoms with Gasteiger partial charge in [-0.1, -0.05) is 56.0 Å². The first-order chi connectivity index (χ1) is 11.2. The van der Waals surface area contributed by atoms with Crippen molar-refractivity contribution in [1.29, 1.82) is 0 Å². The fourth-order valence-electron chi connectivity index (χ4n) is 1.78. The second kappa shape index (κ2) is 10.1. The molecule has 0 spiro atoms. The van der Waals surface area contributed by atoms with E-state index in [9.17, 15) is 0 Å². The highest BCUT2D eigenvalue weighted by atomic mass is 15.0. The van der Waals surface area contributed by atoms with Gasteiger partial charge in [0.05, 0.1) is 5.69 Å². The molecule has 120 valence electrons. The van der Waals surface area contributed by atoms with Crippen LogP contribution in [0.5, 0.6) is 0 Å². The van der Waals surface area contributed by atoms with Crippen molar-refractivity contribution in [1.82, 2.24) is 9.97 Å². The van der Waals surface area contributed by atoms with Gasteiger partial charge in [-0.15, -0.1) is 6.58 Å². The molecule has 0 aliphatic rings. The average Bonchev–Trinajstić information content (AvgIpc) is 2.59. The predicted octanol–water partition coefficient (Wildman–Crippen LogP) is 5.40. The summed E-state index contributed by atoms with van der Waals surface area (Å²) in [5, 5.41) is 3.34. The molecule has 0 bridgehead atoms. The third-order valence-corrected chi connectivity index (χ3v) is 3.20. The standard InChI is InChI=1S/C20H25N3/c1-6-10-11-12-17(8-3)23-20-18(14-13-16(5)7-2)19(9-4)21-15-22-20/h6-16H,2,4H2,1,3,5H3,(H,21,22,23)/b10-6-,12-11-,14-13-,17-8+. The maximum atomic E-state index is 4.37. The number of allylic oxidation sites excluding steroid dienone is 7. The van der Waals surface area contributed by atoms with Crippen molar-refractivity contribution in [2.45, 2.75) is 20.8 Å². The van der Waals surface area contributed by atoms with Gasteiger partial charge in [-0.3, -0.25) is 0 Å². The van der Waals surface area contributed by atoms with Crippen molar-refractivity contribution in [3.8, 4) is 0 Å². The van der Waals surface area contributed by atoms with E-state index >= 15 is 0 Å². The van der Waals surface area contributed by atoms with Crippen molar-refractivity contribution >= 4 is 18.0 Å². The van der Waals surface area contributed by atoms with Gasteiger partial charge in [0.2, 0.25) is 0 Å². The zero-order valence-electron chi connectivity index (χ0n) is 14.2. The van der Waals surface area contributed by atoms with Gasteiger partial charge in [0.25, 0.3) is 0 Å². The summed E-state index contributed by atoms with van der Waals surface area (Å²) >= 11 is 0. The molecular formula is C20H25N3. The molecule has 0 radical (unpaired) electrons. The number of hydrogen-bond donors (Lipinski definition) is 1. The predicted molar refractivity (Wildman–Crippen MR) is 102 cm³/mol. The molecule has 0 aliphatic carbocycles. The first-order valence-electron chi connectivity index (χ1n) is 7.67. The van der Waals surface area contributed by atoms with Crippen LogP contribution in [0.1, 0.15) is 32.0 Å². The highest BCUT2D eigenvalue weighted by molar-refractivity contribution is 5.72. The minimum Gasteiger partial charge on any atom is -0.340 e. The van der Waals surface area contributed by atoms with Crippen LogP contribution >= 0.6 is 0 Å². The molecule has 1 atom stereocenters. The zero-order chi connectivity index (χ0) is 17.1. The summed E-state index contributed by atoms with van der Waals surface area (Å²) in [6.45, 7) is 13.7. The zero-order valence-corrected chi connectivity index (χ0v) is 14.2. The van der Waals surface area contributed by atoms with Gasteiger partial charge >= 0.3 is 0 Å². The number of nitrogens with zero attached hydrogens (tertiary/aromatic N) is 2. The van der Waals surface area contributed by atoms with Gasteiger partial charge in [0.1, 0.15) is 12.1 Å². The van der Waals surface area contributed by atoms with E-state index in [0.29, 0.717) is 0 Å². The van der Waals surface area contributed by atoms with Crippen LogP contribution in [0.25, 0.3) is 12.2 Å². The summed E-state index contributed by atoms with van der Waals surface area (Å²) in [5.74, 6) is 1.03. The number of hydrogen-bond acceptors (Lipinski definition) is 3. The summed E-state index contributed by atoms with van der Waals surface area (Å²) < 4.78 is 0. The monoisotopic (exact) mass is 307 g/mol. The lowest BCUT2D eigenvalue weighted by molar-refractivity contribution is 0.949. The normalized spacial score (nSPS) is 13.8. The van der Waals surface area contributed by atoms with E-state index in [-0.39, 0.29) is 5.92 Å². The Morgan fingerprint density at radius 1 is 1.22 bits per heavy atom. The summed E-state index contributed by atoms with van der Waals surface area (Å²) in [4.78, 5) is 8.64. The summed E-state index contributed by atoms with van der Waals surface area (Å²) in [6.07, 6.45) is 19.2. The van der Waals surface area contributed by atoms with E-state index in [1.807, 2.05) is 56.4 Å². The van der Waals surface area contributed by atoms with Crippen molar-refractivity contribution in [2.24, 2.45) is 5.92 Å². The molecule has 23 heavy (non-hydrogen) atoms.